The van der Waals surface area contributed by atoms with Gasteiger partial charge in [-0.25, -0.2) is 13.4 Å². The van der Waals surface area contributed by atoms with Crippen LogP contribution in [0.15, 0.2) is 30.6 Å². The summed E-state index contributed by atoms with van der Waals surface area (Å²) in [5.41, 5.74) is 1.73. The molecule has 1 N–H and O–H groups in total. The lowest BCUT2D eigenvalue weighted by atomic mass is 10.1. The van der Waals surface area contributed by atoms with Gasteiger partial charge in [0.25, 0.3) is 0 Å². The molecule has 1 aliphatic rings. The molecule has 1 aromatic heterocycles. The number of para-hydroxylation sites is 2. The van der Waals surface area contributed by atoms with Gasteiger partial charge >= 0.3 is 0 Å². The number of nitrogens with zero attached hydrogens (tertiary/aromatic N) is 3. The highest BCUT2D eigenvalue weighted by Gasteiger charge is 2.32. The molecule has 0 saturated carbocycles. The van der Waals surface area contributed by atoms with Crippen molar-refractivity contribution < 1.29 is 18.0 Å². The lowest BCUT2D eigenvalue weighted by Gasteiger charge is -2.31. The van der Waals surface area contributed by atoms with E-state index in [1.807, 2.05) is 24.3 Å². The number of benzene rings is 1. The third kappa shape index (κ3) is 3.87. The Morgan fingerprint density at radius 2 is 1.92 bits per heavy atom. The fraction of sp³-hybridized carbons (Fsp3) is 0.471. The molecule has 9 heteroatoms. The molecule has 2 heterocycles. The molecule has 0 aliphatic carbocycles. The summed E-state index contributed by atoms with van der Waals surface area (Å²) in [5, 5.41) is 1.76. The van der Waals surface area contributed by atoms with Crippen molar-refractivity contribution >= 4 is 32.7 Å². The highest BCUT2D eigenvalue weighted by molar-refractivity contribution is 7.92. The first-order chi connectivity index (χ1) is 12.4. The second kappa shape index (κ2) is 7.45. The standard InChI is InChI=1S/C17H22N4O4S/c1-18-16(22)11-26(24,25)13-6-8-20(9-7-13)17(23)10-21-12-19-14-4-2-3-5-15(14)21/h2-5,12-13H,6-11H2,1H3,(H,18,22). The highest BCUT2D eigenvalue weighted by atomic mass is 32.2. The van der Waals surface area contributed by atoms with Gasteiger partial charge in [0.2, 0.25) is 11.8 Å². The summed E-state index contributed by atoms with van der Waals surface area (Å²) in [6.45, 7) is 0.933. The molecular weight excluding hydrogens is 356 g/mol. The zero-order valence-electron chi connectivity index (χ0n) is 14.6. The van der Waals surface area contributed by atoms with E-state index < -0.39 is 26.7 Å². The Morgan fingerprint density at radius 3 is 2.62 bits per heavy atom. The number of likely N-dealkylation sites (tertiary alicyclic amines) is 1. The van der Waals surface area contributed by atoms with Crippen LogP contribution in [0, 0.1) is 0 Å². The number of hydrogen-bond acceptors (Lipinski definition) is 5. The summed E-state index contributed by atoms with van der Waals surface area (Å²) in [6, 6.07) is 7.59. The number of hydrogen-bond donors (Lipinski definition) is 1. The van der Waals surface area contributed by atoms with Crippen LogP contribution in [0.2, 0.25) is 0 Å². The Bertz CT molecular complexity index is 914. The minimum Gasteiger partial charge on any atom is -0.358 e. The lowest BCUT2D eigenvalue weighted by Crippen LogP contribution is -2.45. The third-order valence-electron chi connectivity index (χ3n) is 4.75. The van der Waals surface area contributed by atoms with Gasteiger partial charge in [-0.05, 0) is 25.0 Å². The number of piperidine rings is 1. The predicted octanol–water partition coefficient (Wildman–Crippen LogP) is 0.188. The van der Waals surface area contributed by atoms with E-state index in [9.17, 15) is 18.0 Å². The molecule has 3 rings (SSSR count). The molecule has 26 heavy (non-hydrogen) atoms. The molecule has 1 aliphatic heterocycles. The van der Waals surface area contributed by atoms with E-state index in [-0.39, 0.29) is 12.5 Å². The molecular formula is C17H22N4O4S. The topological polar surface area (TPSA) is 101 Å². The largest absolute Gasteiger partial charge is 0.358 e. The van der Waals surface area contributed by atoms with Crippen LogP contribution in [-0.4, -0.2) is 65.8 Å². The minimum atomic E-state index is -3.49. The molecule has 1 fully saturated rings. The summed E-state index contributed by atoms with van der Waals surface area (Å²) >= 11 is 0. The van der Waals surface area contributed by atoms with Gasteiger partial charge in [-0.15, -0.1) is 0 Å². The molecule has 1 saturated heterocycles. The van der Waals surface area contributed by atoms with E-state index in [1.165, 1.54) is 7.05 Å². The molecule has 8 nitrogen and oxygen atoms in total. The molecule has 1 aromatic carbocycles. The summed E-state index contributed by atoms with van der Waals surface area (Å²) in [7, 11) is -2.07. The van der Waals surface area contributed by atoms with Gasteiger partial charge in [-0.1, -0.05) is 12.1 Å². The minimum absolute atomic E-state index is 0.0599. The monoisotopic (exact) mass is 378 g/mol. The van der Waals surface area contributed by atoms with Crippen molar-refractivity contribution in [3.8, 4) is 0 Å². The van der Waals surface area contributed by atoms with Gasteiger partial charge in [-0.2, -0.15) is 0 Å². The first-order valence-corrected chi connectivity index (χ1v) is 10.2. The summed E-state index contributed by atoms with van der Waals surface area (Å²) in [4.78, 5) is 29.9. The Kier molecular flexibility index (Phi) is 5.26. The maximum Gasteiger partial charge on any atom is 0.242 e. The summed E-state index contributed by atoms with van der Waals surface area (Å²) in [6.07, 6.45) is 2.36. The van der Waals surface area contributed by atoms with Crippen molar-refractivity contribution in [1.82, 2.24) is 19.8 Å². The van der Waals surface area contributed by atoms with Gasteiger partial charge in [0, 0.05) is 20.1 Å². The smallest absolute Gasteiger partial charge is 0.242 e. The average Bonchev–Trinajstić information content (AvgIpc) is 3.04. The quantitative estimate of drug-likeness (QED) is 0.800. The van der Waals surface area contributed by atoms with Gasteiger partial charge in [0.05, 0.1) is 22.6 Å². The van der Waals surface area contributed by atoms with Gasteiger partial charge in [0.1, 0.15) is 12.3 Å². The van der Waals surface area contributed by atoms with E-state index >= 15 is 0 Å². The van der Waals surface area contributed by atoms with Crippen LogP contribution in [-0.2, 0) is 26.0 Å². The first kappa shape index (κ1) is 18.4. The number of aromatic nitrogens is 2. The van der Waals surface area contributed by atoms with E-state index in [2.05, 4.69) is 10.3 Å². The lowest BCUT2D eigenvalue weighted by molar-refractivity contribution is -0.132. The van der Waals surface area contributed by atoms with Crippen LogP contribution in [0.1, 0.15) is 12.8 Å². The van der Waals surface area contributed by atoms with Crippen molar-refractivity contribution in [3.63, 3.8) is 0 Å². The maximum atomic E-state index is 12.6. The summed E-state index contributed by atoms with van der Waals surface area (Å²) in [5.74, 6) is -1.06. The highest BCUT2D eigenvalue weighted by Crippen LogP contribution is 2.19. The molecule has 140 valence electrons. The van der Waals surface area contributed by atoms with Crippen molar-refractivity contribution in [2.75, 3.05) is 25.9 Å². The molecule has 0 unspecified atom stereocenters. The second-order valence-corrected chi connectivity index (χ2v) is 8.70. The number of fused-ring (bicyclic) bond motifs is 1. The number of carbonyl (C=O) groups is 2. The van der Waals surface area contributed by atoms with Gasteiger partial charge in [0.15, 0.2) is 9.84 Å². The fourth-order valence-corrected chi connectivity index (χ4v) is 4.89. The normalized spacial score (nSPS) is 16.0. The zero-order chi connectivity index (χ0) is 18.7. The second-order valence-electron chi connectivity index (χ2n) is 6.42. The van der Waals surface area contributed by atoms with Crippen molar-refractivity contribution in [3.05, 3.63) is 30.6 Å². The SMILES string of the molecule is CNC(=O)CS(=O)(=O)C1CCN(C(=O)Cn2cnc3ccccc32)CC1. The number of carbonyl (C=O) groups excluding carboxylic acids is 2. The van der Waals surface area contributed by atoms with E-state index in [0.29, 0.717) is 25.9 Å². The van der Waals surface area contributed by atoms with E-state index in [4.69, 9.17) is 0 Å². The Balaban J connectivity index is 1.59. The van der Waals surface area contributed by atoms with Crippen LogP contribution in [0.25, 0.3) is 11.0 Å². The summed E-state index contributed by atoms with van der Waals surface area (Å²) < 4.78 is 26.3. The Morgan fingerprint density at radius 1 is 1.23 bits per heavy atom. The number of sulfone groups is 1. The maximum absolute atomic E-state index is 12.6. The molecule has 0 radical (unpaired) electrons. The number of rotatable bonds is 5. The van der Waals surface area contributed by atoms with Crippen molar-refractivity contribution in [2.24, 2.45) is 0 Å². The molecule has 0 spiro atoms. The van der Waals surface area contributed by atoms with Crippen LogP contribution in [0.5, 0.6) is 0 Å². The van der Waals surface area contributed by atoms with Crippen molar-refractivity contribution in [1.29, 1.82) is 0 Å². The van der Waals surface area contributed by atoms with E-state index in [0.717, 1.165) is 11.0 Å². The molecule has 2 aromatic rings. The fourth-order valence-electron chi connectivity index (χ4n) is 3.22. The third-order valence-corrected chi connectivity index (χ3v) is 6.90. The van der Waals surface area contributed by atoms with Gasteiger partial charge in [-0.3, -0.25) is 9.59 Å². The zero-order valence-corrected chi connectivity index (χ0v) is 15.4. The van der Waals surface area contributed by atoms with E-state index in [1.54, 1.807) is 15.8 Å². The number of nitrogens with one attached hydrogen (secondary N) is 1. The number of imidazole rings is 1. The van der Waals surface area contributed by atoms with Crippen LogP contribution >= 0.6 is 0 Å². The van der Waals surface area contributed by atoms with Crippen LogP contribution in [0.4, 0.5) is 0 Å². The molecule has 0 bridgehead atoms. The van der Waals surface area contributed by atoms with Crippen LogP contribution < -0.4 is 5.32 Å². The Labute approximate surface area is 152 Å². The predicted molar refractivity (Wildman–Crippen MR) is 97.2 cm³/mol. The molecule has 2 amide bonds. The Hall–Kier alpha value is -2.42. The first-order valence-electron chi connectivity index (χ1n) is 8.50. The van der Waals surface area contributed by atoms with Crippen molar-refractivity contribution in [2.45, 2.75) is 24.6 Å². The average molecular weight is 378 g/mol. The molecule has 0 atom stereocenters. The van der Waals surface area contributed by atoms with Gasteiger partial charge < -0.3 is 14.8 Å². The van der Waals surface area contributed by atoms with Crippen LogP contribution in [0.3, 0.4) is 0 Å². The number of amides is 2.